The van der Waals surface area contributed by atoms with Crippen molar-refractivity contribution in [2.24, 2.45) is 0 Å². The second-order valence-corrected chi connectivity index (χ2v) is 14.9. The molecule has 0 atom stereocenters. The molecule has 0 aromatic carbocycles. The number of unbranched alkanes of at least 4 members (excludes halogenated alkanes) is 26. The van der Waals surface area contributed by atoms with Gasteiger partial charge in [0.05, 0.1) is 13.2 Å². The molecule has 0 spiro atoms. The summed E-state index contributed by atoms with van der Waals surface area (Å²) in [6.07, 6.45) is 34.9. The molecule has 0 aromatic heterocycles. The first kappa shape index (κ1) is 44.5. The third-order valence-electron chi connectivity index (χ3n) is 8.53. The third-order valence-corrected chi connectivity index (χ3v) is 9.20. The van der Waals surface area contributed by atoms with Crippen LogP contribution in [-0.4, -0.2) is 54.4 Å². The number of carbonyl (C=O) groups excluding carboxylic acids is 1. The molecule has 8 heteroatoms. The van der Waals surface area contributed by atoms with E-state index in [1.165, 1.54) is 154 Å². The lowest BCUT2D eigenvalue weighted by Gasteiger charge is -2.18. The van der Waals surface area contributed by atoms with Gasteiger partial charge in [0.1, 0.15) is 12.3 Å². The normalized spacial score (nSPS) is 11.9. The molecule has 0 bridgehead atoms. The molecule has 0 unspecified atom stereocenters. The van der Waals surface area contributed by atoms with Gasteiger partial charge in [-0.25, -0.2) is 0 Å². The molecule has 270 valence electrons. The van der Waals surface area contributed by atoms with E-state index in [9.17, 15) is 9.36 Å². The monoisotopic (exact) mass is 663 g/mol. The van der Waals surface area contributed by atoms with E-state index in [0.29, 0.717) is 13.2 Å². The average molecular weight is 663 g/mol. The third kappa shape index (κ3) is 37.9. The van der Waals surface area contributed by atoms with E-state index in [4.69, 9.17) is 24.0 Å². The molecule has 45 heavy (non-hydrogen) atoms. The maximum atomic E-state index is 12.0. The summed E-state index contributed by atoms with van der Waals surface area (Å²) < 4.78 is 28.0. The van der Waals surface area contributed by atoms with Crippen LogP contribution in [0.5, 0.6) is 0 Å². The minimum atomic E-state index is -4.46. The quantitative estimate of drug-likeness (QED) is 0.0388. The topological polar surface area (TPSA) is 102 Å². The van der Waals surface area contributed by atoms with Crippen LogP contribution in [0, 0.1) is 0 Å². The summed E-state index contributed by atoms with van der Waals surface area (Å²) in [6.45, 7) is 6.07. The zero-order chi connectivity index (χ0) is 33.1. The molecule has 0 heterocycles. The van der Waals surface area contributed by atoms with Crippen LogP contribution in [0.2, 0.25) is 0 Å². The van der Waals surface area contributed by atoms with E-state index >= 15 is 0 Å². The van der Waals surface area contributed by atoms with Crippen LogP contribution in [0.15, 0.2) is 0 Å². The fourth-order valence-electron chi connectivity index (χ4n) is 5.73. The van der Waals surface area contributed by atoms with Gasteiger partial charge in [0.2, 0.25) is 0 Å². The first-order valence-corrected chi connectivity index (χ1v) is 21.1. The fraction of sp³-hybridized carbons (Fsp3) is 0.973. The molecular formula is C37H75O7P. The molecule has 0 fully saturated rings. The van der Waals surface area contributed by atoms with Crippen molar-refractivity contribution in [3.63, 3.8) is 0 Å². The Morgan fingerprint density at radius 1 is 0.489 bits per heavy atom. The highest BCUT2D eigenvalue weighted by molar-refractivity contribution is 7.52. The maximum absolute atomic E-state index is 12.0. The summed E-state index contributed by atoms with van der Waals surface area (Å²) in [6, 6.07) is 0. The number of hydrogen-bond donors (Lipinski definition) is 2. The molecule has 0 saturated carbocycles. The summed E-state index contributed by atoms with van der Waals surface area (Å²) in [4.78, 5) is 30.2. The smallest absolute Gasteiger partial charge is 0.336 e. The lowest BCUT2D eigenvalue weighted by atomic mass is 10.0. The average Bonchev–Trinajstić information content (AvgIpc) is 2.99. The minimum Gasteiger partial charge on any atom is -0.457 e. The van der Waals surface area contributed by atoms with E-state index in [1.807, 2.05) is 0 Å². The molecule has 0 aromatic rings. The van der Waals surface area contributed by atoms with Gasteiger partial charge in [0, 0.05) is 13.2 Å². The van der Waals surface area contributed by atoms with Gasteiger partial charge < -0.3 is 24.0 Å². The Hall–Kier alpha value is -0.460. The van der Waals surface area contributed by atoms with E-state index in [1.54, 1.807) is 0 Å². The van der Waals surface area contributed by atoms with Crippen LogP contribution in [0.25, 0.3) is 0 Å². The van der Waals surface area contributed by atoms with E-state index in [0.717, 1.165) is 25.7 Å². The lowest BCUT2D eigenvalue weighted by molar-refractivity contribution is -0.153. The molecule has 0 saturated heterocycles. The van der Waals surface area contributed by atoms with Crippen molar-refractivity contribution in [3.8, 4) is 0 Å². The predicted molar refractivity (Wildman–Crippen MR) is 189 cm³/mol. The van der Waals surface area contributed by atoms with Gasteiger partial charge in [-0.2, -0.15) is 0 Å². The zero-order valence-corrected chi connectivity index (χ0v) is 30.7. The maximum Gasteiger partial charge on any atom is 0.336 e. The number of rotatable bonds is 37. The molecule has 0 rings (SSSR count). The van der Waals surface area contributed by atoms with Crippen LogP contribution < -0.4 is 0 Å². The molecule has 0 aliphatic rings. The van der Waals surface area contributed by atoms with Gasteiger partial charge in [-0.15, -0.1) is 0 Å². The van der Waals surface area contributed by atoms with Gasteiger partial charge in [-0.1, -0.05) is 181 Å². The van der Waals surface area contributed by atoms with Gasteiger partial charge in [-0.05, 0) is 12.8 Å². The van der Waals surface area contributed by atoms with Gasteiger partial charge >= 0.3 is 13.6 Å². The van der Waals surface area contributed by atoms with Crippen molar-refractivity contribution in [3.05, 3.63) is 0 Å². The standard InChI is InChI=1S/C37H75O7P/c1-3-5-7-9-11-13-15-17-19-21-23-25-27-29-31-42-33-36(44-37(38)35-45(39,40)41)34-43-32-30-28-26-24-22-20-18-16-14-12-10-8-6-4-2/h36H,3-35H2,1-2H3,(H2,39,40,41). The van der Waals surface area contributed by atoms with Crippen molar-refractivity contribution in [1.82, 2.24) is 0 Å². The molecule has 7 nitrogen and oxygen atoms in total. The second kappa shape index (κ2) is 34.9. The van der Waals surface area contributed by atoms with Crippen molar-refractivity contribution < 1.29 is 33.4 Å². The first-order valence-electron chi connectivity index (χ1n) is 19.3. The Bertz CT molecular complexity index is 619. The fourth-order valence-corrected chi connectivity index (χ4v) is 6.15. The van der Waals surface area contributed by atoms with Gasteiger partial charge in [-0.3, -0.25) is 9.36 Å². The molecule has 0 radical (unpaired) electrons. The van der Waals surface area contributed by atoms with Crippen molar-refractivity contribution >= 4 is 13.6 Å². The lowest BCUT2D eigenvalue weighted by Crippen LogP contribution is -2.30. The highest BCUT2D eigenvalue weighted by Crippen LogP contribution is 2.34. The Balaban J connectivity index is 3.83. The number of esters is 1. The van der Waals surface area contributed by atoms with Crippen LogP contribution in [-0.2, 0) is 23.6 Å². The molecule has 0 amide bonds. The highest BCUT2D eigenvalue weighted by Gasteiger charge is 2.23. The molecular weight excluding hydrogens is 587 g/mol. The summed E-state index contributed by atoms with van der Waals surface area (Å²) in [5.41, 5.74) is 0. The molecule has 0 aliphatic carbocycles. The van der Waals surface area contributed by atoms with E-state index < -0.39 is 25.8 Å². The molecule has 0 aliphatic heterocycles. The van der Waals surface area contributed by atoms with E-state index in [2.05, 4.69) is 13.8 Å². The number of hydrogen-bond acceptors (Lipinski definition) is 5. The number of ether oxygens (including phenoxy) is 3. The predicted octanol–water partition coefficient (Wildman–Crippen LogP) is 11.1. The van der Waals surface area contributed by atoms with Crippen LogP contribution >= 0.6 is 7.60 Å². The minimum absolute atomic E-state index is 0.185. The summed E-state index contributed by atoms with van der Waals surface area (Å²) in [7, 11) is -4.46. The van der Waals surface area contributed by atoms with Gasteiger partial charge in [0.25, 0.3) is 0 Å². The second-order valence-electron chi connectivity index (χ2n) is 13.3. The van der Waals surface area contributed by atoms with Crippen molar-refractivity contribution in [2.75, 3.05) is 32.6 Å². The Morgan fingerprint density at radius 2 is 0.756 bits per heavy atom. The first-order chi connectivity index (χ1) is 21.9. The van der Waals surface area contributed by atoms with Crippen LogP contribution in [0.3, 0.4) is 0 Å². The van der Waals surface area contributed by atoms with Gasteiger partial charge in [0.15, 0.2) is 0 Å². The van der Waals surface area contributed by atoms with Crippen LogP contribution in [0.1, 0.15) is 194 Å². The zero-order valence-electron chi connectivity index (χ0n) is 29.8. The Kier molecular flexibility index (Phi) is 34.5. The van der Waals surface area contributed by atoms with Crippen LogP contribution in [0.4, 0.5) is 0 Å². The van der Waals surface area contributed by atoms with Crippen molar-refractivity contribution in [2.45, 2.75) is 200 Å². The molecule has 2 N–H and O–H groups in total. The largest absolute Gasteiger partial charge is 0.457 e. The summed E-state index contributed by atoms with van der Waals surface area (Å²) in [5.74, 6) is -0.909. The van der Waals surface area contributed by atoms with Crippen molar-refractivity contribution in [1.29, 1.82) is 0 Å². The summed E-state index contributed by atoms with van der Waals surface area (Å²) >= 11 is 0. The highest BCUT2D eigenvalue weighted by atomic mass is 31.2. The van der Waals surface area contributed by atoms with E-state index in [-0.39, 0.29) is 13.2 Å². The SMILES string of the molecule is CCCCCCCCCCCCCCCCOCC(COCCCCCCCCCCCCCCCC)OC(=O)CP(=O)(O)O. The Labute approximate surface area is 278 Å². The number of carbonyl (C=O) groups is 1. The Morgan fingerprint density at radius 3 is 1.02 bits per heavy atom. The summed E-state index contributed by atoms with van der Waals surface area (Å²) in [5, 5.41) is 0.